The van der Waals surface area contributed by atoms with Gasteiger partial charge in [-0.2, -0.15) is 0 Å². The van der Waals surface area contributed by atoms with Crippen molar-refractivity contribution in [3.05, 3.63) is 78.1 Å². The number of hydrogen-bond acceptors (Lipinski definition) is 3. The van der Waals surface area contributed by atoms with Crippen LogP contribution >= 0.6 is 11.8 Å². The van der Waals surface area contributed by atoms with Crippen LogP contribution < -0.4 is 5.32 Å². The van der Waals surface area contributed by atoms with Crippen molar-refractivity contribution in [3.8, 4) is 5.69 Å². The Bertz CT molecular complexity index is 845. The molecule has 0 bridgehead atoms. The van der Waals surface area contributed by atoms with Gasteiger partial charge in [0.05, 0.1) is 5.25 Å². The molecule has 1 heterocycles. The van der Waals surface area contributed by atoms with Crippen LogP contribution in [0.5, 0.6) is 0 Å². The van der Waals surface area contributed by atoms with Gasteiger partial charge in [0.25, 0.3) is 0 Å². The number of benzene rings is 2. The molecule has 4 nitrogen and oxygen atoms in total. The Balaban J connectivity index is 1.64. The fourth-order valence-electron chi connectivity index (χ4n) is 2.49. The molecule has 128 valence electrons. The maximum absolute atomic E-state index is 12.4. The lowest BCUT2D eigenvalue weighted by molar-refractivity contribution is -0.120. The first kappa shape index (κ1) is 17.3. The number of aryl methyl sites for hydroxylation is 1. The van der Waals surface area contributed by atoms with E-state index in [4.69, 9.17) is 0 Å². The second-order valence-corrected chi connectivity index (χ2v) is 7.19. The zero-order valence-electron chi connectivity index (χ0n) is 14.3. The number of nitrogens with zero attached hydrogens (tertiary/aromatic N) is 2. The van der Waals surface area contributed by atoms with Crippen molar-refractivity contribution in [2.75, 3.05) is 0 Å². The zero-order valence-corrected chi connectivity index (χ0v) is 15.2. The van der Waals surface area contributed by atoms with E-state index >= 15 is 0 Å². The lowest BCUT2D eigenvalue weighted by atomic mass is 10.2. The first-order valence-electron chi connectivity index (χ1n) is 8.22. The van der Waals surface area contributed by atoms with E-state index in [1.807, 2.05) is 60.2 Å². The first-order chi connectivity index (χ1) is 12.1. The zero-order chi connectivity index (χ0) is 17.6. The third-order valence-corrected chi connectivity index (χ3v) is 4.93. The predicted octanol–water partition coefficient (Wildman–Crippen LogP) is 3.98. The molecule has 25 heavy (non-hydrogen) atoms. The molecule has 0 aliphatic carbocycles. The number of amides is 1. The van der Waals surface area contributed by atoms with Crippen LogP contribution in [0, 0.1) is 6.92 Å². The van der Waals surface area contributed by atoms with Gasteiger partial charge in [0.15, 0.2) is 5.16 Å². The molecule has 1 unspecified atom stereocenters. The van der Waals surface area contributed by atoms with Gasteiger partial charge in [-0.25, -0.2) is 4.98 Å². The molecule has 3 aromatic rings. The Morgan fingerprint density at radius 1 is 1.20 bits per heavy atom. The van der Waals surface area contributed by atoms with Crippen LogP contribution in [0.3, 0.4) is 0 Å². The predicted molar refractivity (Wildman–Crippen MR) is 102 cm³/mol. The van der Waals surface area contributed by atoms with E-state index in [1.165, 1.54) is 17.3 Å². The fourth-order valence-corrected chi connectivity index (χ4v) is 3.40. The highest BCUT2D eigenvalue weighted by molar-refractivity contribution is 8.00. The molecule has 0 radical (unpaired) electrons. The van der Waals surface area contributed by atoms with Crippen molar-refractivity contribution in [2.24, 2.45) is 0 Å². The van der Waals surface area contributed by atoms with Gasteiger partial charge in [-0.15, -0.1) is 0 Å². The molecule has 3 rings (SSSR count). The van der Waals surface area contributed by atoms with Crippen LogP contribution in [0.2, 0.25) is 0 Å². The Morgan fingerprint density at radius 3 is 2.76 bits per heavy atom. The Hall–Kier alpha value is -2.53. The summed E-state index contributed by atoms with van der Waals surface area (Å²) in [6.45, 7) is 4.50. The van der Waals surface area contributed by atoms with Gasteiger partial charge in [-0.05, 0) is 37.1 Å². The van der Waals surface area contributed by atoms with Crippen molar-refractivity contribution in [1.82, 2.24) is 14.9 Å². The molecular weight excluding hydrogens is 330 g/mol. The van der Waals surface area contributed by atoms with Crippen molar-refractivity contribution in [2.45, 2.75) is 30.8 Å². The summed E-state index contributed by atoms with van der Waals surface area (Å²) in [5.41, 5.74) is 3.34. The van der Waals surface area contributed by atoms with Gasteiger partial charge in [0.1, 0.15) is 0 Å². The van der Waals surface area contributed by atoms with E-state index in [0.717, 1.165) is 16.4 Å². The highest BCUT2D eigenvalue weighted by Gasteiger charge is 2.17. The minimum absolute atomic E-state index is 0.00708. The second-order valence-electron chi connectivity index (χ2n) is 5.88. The minimum Gasteiger partial charge on any atom is -0.351 e. The Labute approximate surface area is 152 Å². The average Bonchev–Trinajstić information content (AvgIpc) is 3.08. The standard InChI is InChI=1S/C20H21N3OS/c1-15-7-6-10-18(13-15)23-12-11-21-20(23)25-16(2)19(24)22-14-17-8-4-3-5-9-17/h3-13,16H,14H2,1-2H3,(H,22,24). The van der Waals surface area contributed by atoms with E-state index in [-0.39, 0.29) is 11.2 Å². The smallest absolute Gasteiger partial charge is 0.233 e. The van der Waals surface area contributed by atoms with E-state index in [1.54, 1.807) is 6.20 Å². The van der Waals surface area contributed by atoms with E-state index in [9.17, 15) is 4.79 Å². The summed E-state index contributed by atoms with van der Waals surface area (Å²) in [6, 6.07) is 18.1. The summed E-state index contributed by atoms with van der Waals surface area (Å²) in [5, 5.41) is 3.57. The van der Waals surface area contributed by atoms with Gasteiger partial charge in [0, 0.05) is 24.6 Å². The van der Waals surface area contributed by atoms with Crippen molar-refractivity contribution >= 4 is 17.7 Å². The lowest BCUT2D eigenvalue weighted by Gasteiger charge is -2.13. The minimum atomic E-state index is -0.227. The van der Waals surface area contributed by atoms with Crippen molar-refractivity contribution in [3.63, 3.8) is 0 Å². The third kappa shape index (κ3) is 4.51. The topological polar surface area (TPSA) is 46.9 Å². The van der Waals surface area contributed by atoms with Crippen LogP contribution in [0.1, 0.15) is 18.1 Å². The molecule has 2 aromatic carbocycles. The molecule has 0 aliphatic heterocycles. The summed E-state index contributed by atoms with van der Waals surface area (Å²) in [4.78, 5) is 16.8. The summed E-state index contributed by atoms with van der Waals surface area (Å²) in [7, 11) is 0. The van der Waals surface area contributed by atoms with Crippen molar-refractivity contribution < 1.29 is 4.79 Å². The van der Waals surface area contributed by atoms with Crippen LogP contribution in [-0.2, 0) is 11.3 Å². The molecule has 1 amide bonds. The number of hydrogen-bond donors (Lipinski definition) is 1. The monoisotopic (exact) mass is 351 g/mol. The molecule has 1 N–H and O–H groups in total. The Morgan fingerprint density at radius 2 is 2.00 bits per heavy atom. The number of rotatable bonds is 6. The average molecular weight is 351 g/mol. The fraction of sp³-hybridized carbons (Fsp3) is 0.200. The maximum Gasteiger partial charge on any atom is 0.233 e. The van der Waals surface area contributed by atoms with E-state index < -0.39 is 0 Å². The van der Waals surface area contributed by atoms with Gasteiger partial charge in [0.2, 0.25) is 5.91 Å². The number of carbonyl (C=O) groups excluding carboxylic acids is 1. The largest absolute Gasteiger partial charge is 0.351 e. The summed E-state index contributed by atoms with van der Waals surface area (Å²) >= 11 is 1.46. The molecular formula is C20H21N3OS. The highest BCUT2D eigenvalue weighted by atomic mass is 32.2. The third-order valence-electron chi connectivity index (χ3n) is 3.85. The molecule has 0 saturated carbocycles. The van der Waals surface area contributed by atoms with Gasteiger partial charge < -0.3 is 5.32 Å². The molecule has 0 spiro atoms. The van der Waals surface area contributed by atoms with Gasteiger partial charge in [-0.1, -0.05) is 54.2 Å². The molecule has 0 fully saturated rings. The molecule has 0 saturated heterocycles. The first-order valence-corrected chi connectivity index (χ1v) is 9.10. The molecule has 0 aliphatic rings. The van der Waals surface area contributed by atoms with Gasteiger partial charge >= 0.3 is 0 Å². The quantitative estimate of drug-likeness (QED) is 0.684. The number of aromatic nitrogens is 2. The SMILES string of the molecule is Cc1cccc(-n2ccnc2SC(C)C(=O)NCc2ccccc2)c1. The maximum atomic E-state index is 12.4. The number of carbonyl (C=O) groups is 1. The summed E-state index contributed by atoms with van der Waals surface area (Å²) in [6.07, 6.45) is 3.69. The van der Waals surface area contributed by atoms with Gasteiger partial charge in [-0.3, -0.25) is 9.36 Å². The molecule has 1 atom stereocenters. The van der Waals surface area contributed by atoms with Crippen LogP contribution in [0.25, 0.3) is 5.69 Å². The number of nitrogens with one attached hydrogen (secondary N) is 1. The normalized spacial score (nSPS) is 11.9. The second kappa shape index (κ2) is 8.03. The van der Waals surface area contributed by atoms with E-state index in [0.29, 0.717) is 6.54 Å². The number of imidazole rings is 1. The van der Waals surface area contributed by atoms with Crippen LogP contribution in [0.4, 0.5) is 0 Å². The van der Waals surface area contributed by atoms with Crippen LogP contribution in [-0.4, -0.2) is 20.7 Å². The lowest BCUT2D eigenvalue weighted by Crippen LogP contribution is -2.30. The summed E-state index contributed by atoms with van der Waals surface area (Å²) in [5.74, 6) is 0.00708. The van der Waals surface area contributed by atoms with E-state index in [2.05, 4.69) is 29.4 Å². The van der Waals surface area contributed by atoms with Crippen molar-refractivity contribution in [1.29, 1.82) is 0 Å². The Kier molecular flexibility index (Phi) is 5.56. The highest BCUT2D eigenvalue weighted by Crippen LogP contribution is 2.25. The summed E-state index contributed by atoms with van der Waals surface area (Å²) < 4.78 is 2.01. The number of thioether (sulfide) groups is 1. The van der Waals surface area contributed by atoms with Crippen LogP contribution in [0.15, 0.2) is 72.1 Å². The molecule has 1 aromatic heterocycles. The molecule has 5 heteroatoms.